The van der Waals surface area contributed by atoms with Crippen LogP contribution in [0.25, 0.3) is 10.9 Å². The second kappa shape index (κ2) is 19.6. The second-order valence-electron chi connectivity index (χ2n) is 14.6. The molecule has 1 aliphatic rings. The van der Waals surface area contributed by atoms with E-state index < -0.39 is 47.0 Å². The predicted octanol–water partition coefficient (Wildman–Crippen LogP) is 7.39. The zero-order valence-electron chi connectivity index (χ0n) is 33.0. The van der Waals surface area contributed by atoms with Crippen molar-refractivity contribution in [2.24, 2.45) is 16.6 Å². The topological polar surface area (TPSA) is 142 Å². The Hall–Kier alpha value is -5.14. The Kier molecular flexibility index (Phi) is 15.3. The van der Waals surface area contributed by atoms with Crippen molar-refractivity contribution >= 4 is 28.6 Å². The minimum absolute atomic E-state index is 0.0274. The van der Waals surface area contributed by atoms with Crippen molar-refractivity contribution in [2.45, 2.75) is 116 Å². The average Bonchev–Trinajstić information content (AvgIpc) is 3.83. The van der Waals surface area contributed by atoms with Gasteiger partial charge in [-0.05, 0) is 55.4 Å². The molecule has 2 aromatic carbocycles. The van der Waals surface area contributed by atoms with Crippen LogP contribution in [0.4, 0.5) is 17.6 Å². The summed E-state index contributed by atoms with van der Waals surface area (Å²) in [5.41, 5.74) is 6.07. The van der Waals surface area contributed by atoms with Gasteiger partial charge in [-0.2, -0.15) is 13.2 Å². The average molecular weight is 781 g/mol. The number of aryl methyl sites for hydroxylation is 2. The number of aromatic nitrogens is 3. The molecule has 4 atom stereocenters. The van der Waals surface area contributed by atoms with Crippen molar-refractivity contribution in [1.82, 2.24) is 30.5 Å². The summed E-state index contributed by atoms with van der Waals surface area (Å²) in [6.07, 6.45) is 5.01. The van der Waals surface area contributed by atoms with E-state index in [1.54, 1.807) is 31.6 Å². The first-order valence-electron chi connectivity index (χ1n) is 19.4. The highest BCUT2D eigenvalue weighted by molar-refractivity contribution is 5.96. The summed E-state index contributed by atoms with van der Waals surface area (Å²) in [5, 5.41) is 9.62. The lowest BCUT2D eigenvalue weighted by molar-refractivity contribution is -0.136. The van der Waals surface area contributed by atoms with Gasteiger partial charge in [-0.25, -0.2) is 9.37 Å². The van der Waals surface area contributed by atoms with Gasteiger partial charge in [0, 0.05) is 48.7 Å². The lowest BCUT2D eigenvalue weighted by Gasteiger charge is -2.40. The van der Waals surface area contributed by atoms with Crippen LogP contribution < -0.4 is 21.7 Å². The largest absolute Gasteiger partial charge is 0.418 e. The molecule has 2 aromatic heterocycles. The van der Waals surface area contributed by atoms with E-state index in [9.17, 15) is 27.2 Å². The first-order valence-corrected chi connectivity index (χ1v) is 19.4. The normalized spacial score (nSPS) is 17.2. The third kappa shape index (κ3) is 11.0. The van der Waals surface area contributed by atoms with Gasteiger partial charge in [-0.15, -0.1) is 0 Å². The van der Waals surface area contributed by atoms with E-state index in [2.05, 4.69) is 51.3 Å². The van der Waals surface area contributed by atoms with Gasteiger partial charge in [-0.3, -0.25) is 14.6 Å². The van der Waals surface area contributed by atoms with Crippen molar-refractivity contribution in [3.63, 3.8) is 0 Å². The van der Waals surface area contributed by atoms with Gasteiger partial charge in [-0.1, -0.05) is 83.9 Å². The van der Waals surface area contributed by atoms with E-state index in [-0.39, 0.29) is 48.5 Å². The van der Waals surface area contributed by atoms with E-state index in [0.717, 1.165) is 6.07 Å². The molecule has 0 aliphatic heterocycles. The molecule has 0 fully saturated rings. The molecule has 2 unspecified atom stereocenters. The molecule has 0 saturated heterocycles. The van der Waals surface area contributed by atoms with Gasteiger partial charge < -0.3 is 31.2 Å². The van der Waals surface area contributed by atoms with Crippen molar-refractivity contribution in [3.8, 4) is 0 Å². The van der Waals surface area contributed by atoms with E-state index >= 15 is 0 Å². The van der Waals surface area contributed by atoms with Crippen LogP contribution in [-0.4, -0.2) is 56.4 Å². The van der Waals surface area contributed by atoms with Gasteiger partial charge in [0.1, 0.15) is 17.2 Å². The lowest BCUT2D eigenvalue weighted by atomic mass is 9.78. The molecule has 0 saturated carbocycles. The molecule has 14 heteroatoms. The van der Waals surface area contributed by atoms with E-state index in [4.69, 9.17) is 5.73 Å². The number of unbranched alkanes of at least 4 members (excludes halogenated alkanes) is 1. The Morgan fingerprint density at radius 3 is 2.46 bits per heavy atom. The van der Waals surface area contributed by atoms with Crippen molar-refractivity contribution in [2.75, 3.05) is 6.54 Å². The fourth-order valence-electron chi connectivity index (χ4n) is 6.68. The maximum Gasteiger partial charge on any atom is 0.418 e. The van der Waals surface area contributed by atoms with Crippen LogP contribution in [0, 0.1) is 11.7 Å². The fourth-order valence-corrected chi connectivity index (χ4v) is 6.68. The standard InChI is InChI=1S/C38H46F4N8O2.C4H10/c1-5-23(2)33(35(43)45-16-9-18-50-19-17-44-22-50)48-36(52)37(49-25(4)24(3)46-32(51)20-26-10-6-7-13-30(26)39)15-14-31-28(21-37)27-11-8-12-29(34(27)47-31)38(40,41)42;1-3-4-2/h6-8,10-13,17,19,22-24,33,47,49H,4-5,9,14-16,18,20-21H2,1-3H3,(H2,43,45)(H,46,51)(H,48,52);3-4H2,1-2H3/t23?,24-,33?,37+;/m0./s1. The maximum absolute atomic E-state index is 14.6. The third-order valence-corrected chi connectivity index (χ3v) is 10.4. The molecule has 0 radical (unpaired) electrons. The summed E-state index contributed by atoms with van der Waals surface area (Å²) >= 11 is 0. The van der Waals surface area contributed by atoms with Gasteiger partial charge in [0.25, 0.3) is 0 Å². The molecule has 10 nitrogen and oxygen atoms in total. The molecule has 1 aliphatic carbocycles. The number of carbonyl (C=O) groups excluding carboxylic acids is 2. The first-order chi connectivity index (χ1) is 26.6. The number of aromatic amines is 1. The summed E-state index contributed by atoms with van der Waals surface area (Å²) in [5.74, 6) is -1.20. The summed E-state index contributed by atoms with van der Waals surface area (Å²) in [4.78, 5) is 39.2. The molecule has 2 amide bonds. The number of para-hydroxylation sites is 1. The number of fused-ring (bicyclic) bond motifs is 3. The lowest BCUT2D eigenvalue weighted by Crippen LogP contribution is -2.64. The molecule has 0 bridgehead atoms. The van der Waals surface area contributed by atoms with Crippen LogP contribution in [0.5, 0.6) is 0 Å². The quantitative estimate of drug-likeness (QED) is 0.0349. The Balaban J connectivity index is 0.00000166. The van der Waals surface area contributed by atoms with E-state index in [1.165, 1.54) is 37.1 Å². The van der Waals surface area contributed by atoms with Crippen molar-refractivity contribution < 1.29 is 27.2 Å². The van der Waals surface area contributed by atoms with Crippen LogP contribution >= 0.6 is 0 Å². The number of nitrogens with two attached hydrogens (primary N) is 1. The van der Waals surface area contributed by atoms with Crippen molar-refractivity contribution in [3.05, 3.63) is 102 Å². The van der Waals surface area contributed by atoms with Gasteiger partial charge >= 0.3 is 6.18 Å². The maximum atomic E-state index is 14.6. The Labute approximate surface area is 326 Å². The number of hydrogen-bond donors (Lipinski definition) is 5. The number of carbonyl (C=O) groups is 2. The zero-order chi connectivity index (χ0) is 41.0. The number of nitrogens with zero attached hydrogens (tertiary/aromatic N) is 3. The molecule has 56 heavy (non-hydrogen) atoms. The van der Waals surface area contributed by atoms with Crippen molar-refractivity contribution in [1.29, 1.82) is 0 Å². The monoisotopic (exact) mass is 780 g/mol. The highest BCUT2D eigenvalue weighted by Crippen LogP contribution is 2.40. The molecular formula is C42H56F4N8O2. The summed E-state index contributed by atoms with van der Waals surface area (Å²) in [7, 11) is 0. The van der Waals surface area contributed by atoms with Crippen LogP contribution in [-0.2, 0) is 41.6 Å². The third-order valence-electron chi connectivity index (χ3n) is 10.4. The highest BCUT2D eigenvalue weighted by Gasteiger charge is 2.45. The number of hydrogen-bond acceptors (Lipinski definition) is 5. The van der Waals surface area contributed by atoms with Gasteiger partial charge in [0.05, 0.1) is 35.9 Å². The number of amides is 2. The molecule has 0 spiro atoms. The zero-order valence-corrected chi connectivity index (χ0v) is 33.0. The number of H-pyrrole nitrogens is 1. The van der Waals surface area contributed by atoms with Gasteiger partial charge in [0.15, 0.2) is 0 Å². The molecule has 6 N–H and O–H groups in total. The molecule has 2 heterocycles. The summed E-state index contributed by atoms with van der Waals surface area (Å²) in [6.45, 7) is 15.3. The number of rotatable bonds is 16. The predicted molar refractivity (Wildman–Crippen MR) is 213 cm³/mol. The number of halogens is 4. The SMILES string of the molecule is C=C(N[C@]1(C(=O)NC(C(N)=NCCCn2ccnc2)C(C)CC)CCc2[nH]c3c(C(F)(F)F)cccc3c2C1)[C@H](C)NC(=O)Cc1ccccc1F.CCCC. The Bertz CT molecular complexity index is 1950. The van der Waals surface area contributed by atoms with E-state index in [0.29, 0.717) is 48.3 Å². The number of amidine groups is 1. The smallest absolute Gasteiger partial charge is 0.386 e. The van der Waals surface area contributed by atoms with Crippen LogP contribution in [0.1, 0.15) is 89.1 Å². The van der Waals surface area contributed by atoms with E-state index in [1.807, 2.05) is 24.6 Å². The molecule has 5 rings (SSSR count). The number of aliphatic imine (C=N–C) groups is 1. The number of alkyl halides is 3. The van der Waals surface area contributed by atoms with Crippen LogP contribution in [0.15, 0.2) is 78.5 Å². The minimum atomic E-state index is -4.58. The number of imidazole rings is 1. The molecule has 4 aromatic rings. The van der Waals surface area contributed by atoms with Gasteiger partial charge in [0.2, 0.25) is 11.8 Å². The minimum Gasteiger partial charge on any atom is -0.386 e. The first kappa shape index (κ1) is 43.6. The van der Waals surface area contributed by atoms with Crippen LogP contribution in [0.3, 0.4) is 0 Å². The summed E-state index contributed by atoms with van der Waals surface area (Å²) < 4.78 is 58.2. The Morgan fingerprint density at radius 2 is 1.82 bits per heavy atom. The second-order valence-corrected chi connectivity index (χ2v) is 14.6. The Morgan fingerprint density at radius 1 is 1.09 bits per heavy atom. The molecular weight excluding hydrogens is 725 g/mol. The summed E-state index contributed by atoms with van der Waals surface area (Å²) in [6, 6.07) is 8.67. The molecule has 304 valence electrons. The number of nitrogens with one attached hydrogen (secondary N) is 4. The number of benzene rings is 2. The highest BCUT2D eigenvalue weighted by atomic mass is 19.4. The fraction of sp³-hybridized carbons (Fsp3) is 0.476. The van der Waals surface area contributed by atoms with Crippen LogP contribution in [0.2, 0.25) is 0 Å².